The molecule has 1 aromatic carbocycles. The summed E-state index contributed by atoms with van der Waals surface area (Å²) < 4.78 is 2.01. The fourth-order valence-corrected chi connectivity index (χ4v) is 4.40. The van der Waals surface area contributed by atoms with Gasteiger partial charge in [-0.15, -0.1) is 10.2 Å². The number of likely N-dealkylation sites (tertiary alicyclic amines) is 1. The molecule has 5 rings (SSSR count). The third-order valence-electron chi connectivity index (χ3n) is 5.91. The molecule has 4 heterocycles. The predicted molar refractivity (Wildman–Crippen MR) is 109 cm³/mol. The van der Waals surface area contributed by atoms with Gasteiger partial charge in [0.05, 0.1) is 0 Å². The number of carbonyl (C=O) groups is 2. The molecular formula is C22H23N5O2. The van der Waals surface area contributed by atoms with Crippen molar-refractivity contribution < 1.29 is 9.59 Å². The number of anilines is 1. The van der Waals surface area contributed by atoms with Crippen LogP contribution in [0, 0.1) is 0 Å². The summed E-state index contributed by atoms with van der Waals surface area (Å²) >= 11 is 0. The van der Waals surface area contributed by atoms with Gasteiger partial charge < -0.3 is 9.80 Å². The molecule has 0 radical (unpaired) electrons. The molecule has 148 valence electrons. The summed E-state index contributed by atoms with van der Waals surface area (Å²) in [7, 11) is 0. The van der Waals surface area contributed by atoms with Crippen molar-refractivity contribution in [1.82, 2.24) is 19.5 Å². The first-order valence-corrected chi connectivity index (χ1v) is 10.2. The van der Waals surface area contributed by atoms with E-state index in [0.717, 1.165) is 49.5 Å². The number of fused-ring (bicyclic) bond motifs is 1. The molecule has 7 heteroatoms. The first kappa shape index (κ1) is 17.8. The Kier molecular flexibility index (Phi) is 4.50. The molecule has 0 aliphatic carbocycles. The number of hydrogen-bond acceptors (Lipinski definition) is 4. The smallest absolute Gasteiger partial charge is 0.253 e. The lowest BCUT2D eigenvalue weighted by atomic mass is 9.96. The van der Waals surface area contributed by atoms with Crippen LogP contribution in [-0.2, 0) is 4.79 Å². The van der Waals surface area contributed by atoms with Gasteiger partial charge in [0.2, 0.25) is 5.91 Å². The molecule has 1 unspecified atom stereocenters. The minimum Gasteiger partial charge on any atom is -0.338 e. The van der Waals surface area contributed by atoms with Gasteiger partial charge in [0.25, 0.3) is 5.91 Å². The van der Waals surface area contributed by atoms with Crippen LogP contribution in [0.2, 0.25) is 0 Å². The van der Waals surface area contributed by atoms with Crippen LogP contribution in [0.4, 0.5) is 5.69 Å². The Labute approximate surface area is 168 Å². The molecule has 3 aromatic rings. The van der Waals surface area contributed by atoms with E-state index in [1.165, 1.54) is 0 Å². The highest BCUT2D eigenvalue weighted by Crippen LogP contribution is 2.28. The first-order valence-electron chi connectivity index (χ1n) is 10.2. The topological polar surface area (TPSA) is 70.8 Å². The summed E-state index contributed by atoms with van der Waals surface area (Å²) in [6.45, 7) is 2.14. The number of rotatable bonds is 3. The average molecular weight is 389 g/mol. The Balaban J connectivity index is 1.32. The Morgan fingerprint density at radius 3 is 2.66 bits per heavy atom. The van der Waals surface area contributed by atoms with Crippen LogP contribution in [-0.4, -0.2) is 50.9 Å². The van der Waals surface area contributed by atoms with E-state index in [2.05, 4.69) is 10.2 Å². The number of carbonyl (C=O) groups excluding carboxylic acids is 2. The van der Waals surface area contributed by atoms with Crippen LogP contribution >= 0.6 is 0 Å². The molecule has 0 saturated carbocycles. The summed E-state index contributed by atoms with van der Waals surface area (Å²) in [5.41, 5.74) is 2.36. The lowest BCUT2D eigenvalue weighted by molar-refractivity contribution is -0.117. The maximum absolute atomic E-state index is 13.1. The van der Waals surface area contributed by atoms with Gasteiger partial charge in [0, 0.05) is 49.4 Å². The van der Waals surface area contributed by atoms with Crippen molar-refractivity contribution in [3.8, 4) is 0 Å². The van der Waals surface area contributed by atoms with Crippen molar-refractivity contribution in [2.24, 2.45) is 0 Å². The van der Waals surface area contributed by atoms with E-state index in [1.807, 2.05) is 58.0 Å². The van der Waals surface area contributed by atoms with Crippen molar-refractivity contribution in [3.05, 3.63) is 60.0 Å². The number of benzene rings is 1. The standard InChI is InChI=1S/C22H23N5O2/c28-20-7-4-14-26(20)18-10-8-16(9-11-18)22(29)25-12-3-5-17(15-25)21-24-23-19-6-1-2-13-27(19)21/h1-2,6,8-11,13,17H,3-5,7,12,14-15H2. The zero-order chi connectivity index (χ0) is 19.8. The molecule has 7 nitrogen and oxygen atoms in total. The van der Waals surface area contributed by atoms with Crippen LogP contribution in [0.25, 0.3) is 5.65 Å². The molecule has 2 fully saturated rings. The Bertz CT molecular complexity index is 1060. The minimum absolute atomic E-state index is 0.0304. The number of pyridine rings is 1. The maximum atomic E-state index is 13.1. The van der Waals surface area contributed by atoms with Crippen molar-refractivity contribution in [3.63, 3.8) is 0 Å². The second-order valence-electron chi connectivity index (χ2n) is 7.77. The van der Waals surface area contributed by atoms with Crippen LogP contribution < -0.4 is 4.90 Å². The van der Waals surface area contributed by atoms with Crippen LogP contribution in [0.3, 0.4) is 0 Å². The second kappa shape index (κ2) is 7.31. The fourth-order valence-electron chi connectivity index (χ4n) is 4.40. The summed E-state index contributed by atoms with van der Waals surface area (Å²) in [6.07, 6.45) is 5.41. The van der Waals surface area contributed by atoms with E-state index in [4.69, 9.17) is 0 Å². The van der Waals surface area contributed by atoms with Gasteiger partial charge in [-0.05, 0) is 55.7 Å². The van der Waals surface area contributed by atoms with Gasteiger partial charge in [-0.3, -0.25) is 14.0 Å². The SMILES string of the molecule is O=C(c1ccc(N2CCCC2=O)cc1)N1CCCC(c2nnc3ccccn23)C1. The van der Waals surface area contributed by atoms with Crippen molar-refractivity contribution in [2.75, 3.05) is 24.5 Å². The zero-order valence-electron chi connectivity index (χ0n) is 16.2. The predicted octanol–water partition coefficient (Wildman–Crippen LogP) is 2.88. The summed E-state index contributed by atoms with van der Waals surface area (Å²) in [4.78, 5) is 28.7. The van der Waals surface area contributed by atoms with Gasteiger partial charge in [0.15, 0.2) is 5.65 Å². The highest BCUT2D eigenvalue weighted by Gasteiger charge is 2.29. The molecule has 29 heavy (non-hydrogen) atoms. The summed E-state index contributed by atoms with van der Waals surface area (Å²) in [5, 5.41) is 8.64. The highest BCUT2D eigenvalue weighted by molar-refractivity contribution is 5.97. The average Bonchev–Trinajstić information content (AvgIpc) is 3.40. The van der Waals surface area contributed by atoms with E-state index in [9.17, 15) is 9.59 Å². The van der Waals surface area contributed by atoms with Gasteiger partial charge >= 0.3 is 0 Å². The molecule has 1 atom stereocenters. The quantitative estimate of drug-likeness (QED) is 0.691. The second-order valence-corrected chi connectivity index (χ2v) is 7.77. The molecule has 0 bridgehead atoms. The van der Waals surface area contributed by atoms with Gasteiger partial charge in [-0.25, -0.2) is 0 Å². The lowest BCUT2D eigenvalue weighted by Gasteiger charge is -2.32. The number of hydrogen-bond donors (Lipinski definition) is 0. The molecule has 0 spiro atoms. The first-order chi connectivity index (χ1) is 14.2. The Morgan fingerprint density at radius 2 is 1.86 bits per heavy atom. The molecule has 2 aliphatic heterocycles. The maximum Gasteiger partial charge on any atom is 0.253 e. The third-order valence-corrected chi connectivity index (χ3v) is 5.91. The molecule has 2 aromatic heterocycles. The van der Waals surface area contributed by atoms with E-state index >= 15 is 0 Å². The molecule has 2 aliphatic rings. The van der Waals surface area contributed by atoms with Crippen LogP contribution in [0.5, 0.6) is 0 Å². The number of aromatic nitrogens is 3. The van der Waals surface area contributed by atoms with E-state index in [-0.39, 0.29) is 17.7 Å². The third kappa shape index (κ3) is 3.26. The van der Waals surface area contributed by atoms with Gasteiger partial charge in [-0.2, -0.15) is 0 Å². The van der Waals surface area contributed by atoms with Crippen molar-refractivity contribution in [1.29, 1.82) is 0 Å². The molecule has 0 N–H and O–H groups in total. The highest BCUT2D eigenvalue weighted by atomic mass is 16.2. The van der Waals surface area contributed by atoms with Crippen molar-refractivity contribution in [2.45, 2.75) is 31.6 Å². The van der Waals surface area contributed by atoms with E-state index < -0.39 is 0 Å². The van der Waals surface area contributed by atoms with Gasteiger partial charge in [-0.1, -0.05) is 6.07 Å². The monoisotopic (exact) mass is 389 g/mol. The number of amides is 2. The zero-order valence-corrected chi connectivity index (χ0v) is 16.2. The summed E-state index contributed by atoms with van der Waals surface area (Å²) in [6, 6.07) is 13.3. The largest absolute Gasteiger partial charge is 0.338 e. The minimum atomic E-state index is 0.0304. The van der Waals surface area contributed by atoms with Crippen LogP contribution in [0.1, 0.15) is 47.8 Å². The summed E-state index contributed by atoms with van der Waals surface area (Å²) in [5.74, 6) is 1.28. The Hall–Kier alpha value is -3.22. The van der Waals surface area contributed by atoms with Crippen molar-refractivity contribution >= 4 is 23.1 Å². The van der Waals surface area contributed by atoms with E-state index in [1.54, 1.807) is 4.90 Å². The Morgan fingerprint density at radius 1 is 1.00 bits per heavy atom. The molecule has 2 amide bonds. The number of piperidine rings is 1. The van der Waals surface area contributed by atoms with Gasteiger partial charge in [0.1, 0.15) is 5.82 Å². The molecule has 2 saturated heterocycles. The molecular weight excluding hydrogens is 366 g/mol. The normalized spacial score (nSPS) is 19.9. The number of nitrogens with zero attached hydrogens (tertiary/aromatic N) is 5. The van der Waals surface area contributed by atoms with E-state index in [0.29, 0.717) is 18.5 Å². The fraction of sp³-hybridized carbons (Fsp3) is 0.364. The lowest BCUT2D eigenvalue weighted by Crippen LogP contribution is -2.39. The van der Waals surface area contributed by atoms with Crippen LogP contribution in [0.15, 0.2) is 48.7 Å².